The summed E-state index contributed by atoms with van der Waals surface area (Å²) in [5, 5.41) is 4.81. The molecular formula is C16H17Cl2NO. The van der Waals surface area contributed by atoms with E-state index in [4.69, 9.17) is 27.9 Å². The average Bonchev–Trinajstić information content (AvgIpc) is 2.44. The quantitative estimate of drug-likeness (QED) is 0.833. The molecule has 106 valence electrons. The van der Waals surface area contributed by atoms with Crippen LogP contribution in [0.2, 0.25) is 10.0 Å². The maximum atomic E-state index is 5.95. The Kier molecular flexibility index (Phi) is 5.72. The summed E-state index contributed by atoms with van der Waals surface area (Å²) >= 11 is 11.9. The minimum absolute atomic E-state index is 0.122. The Morgan fingerprint density at radius 3 is 2.45 bits per heavy atom. The van der Waals surface area contributed by atoms with Gasteiger partial charge in [0.1, 0.15) is 12.4 Å². The van der Waals surface area contributed by atoms with Gasteiger partial charge in [0.25, 0.3) is 0 Å². The van der Waals surface area contributed by atoms with E-state index in [-0.39, 0.29) is 6.04 Å². The van der Waals surface area contributed by atoms with Gasteiger partial charge in [0.05, 0.1) is 6.04 Å². The number of likely N-dealkylation sites (N-methyl/N-ethyl adjacent to an activating group) is 1. The first-order chi connectivity index (χ1) is 9.69. The van der Waals surface area contributed by atoms with Crippen LogP contribution in [0, 0.1) is 0 Å². The third kappa shape index (κ3) is 4.41. The Labute approximate surface area is 129 Å². The number of ether oxygens (including phenoxy) is 1. The highest BCUT2D eigenvalue weighted by Gasteiger charge is 2.11. The van der Waals surface area contributed by atoms with Crippen LogP contribution in [-0.4, -0.2) is 13.2 Å². The van der Waals surface area contributed by atoms with E-state index in [2.05, 4.69) is 12.2 Å². The van der Waals surface area contributed by atoms with Crippen LogP contribution in [0.15, 0.2) is 48.5 Å². The molecule has 1 atom stereocenters. The lowest BCUT2D eigenvalue weighted by Gasteiger charge is -2.19. The molecule has 0 aliphatic heterocycles. The molecule has 2 rings (SSSR count). The van der Waals surface area contributed by atoms with Crippen molar-refractivity contribution in [2.45, 2.75) is 13.0 Å². The van der Waals surface area contributed by atoms with Crippen LogP contribution in [0.1, 0.15) is 18.5 Å². The number of hydrogen-bond acceptors (Lipinski definition) is 2. The number of nitrogens with one attached hydrogen (secondary N) is 1. The molecule has 0 aliphatic rings. The summed E-state index contributed by atoms with van der Waals surface area (Å²) in [6.07, 6.45) is 0. The van der Waals surface area contributed by atoms with Crippen molar-refractivity contribution in [1.29, 1.82) is 0 Å². The van der Waals surface area contributed by atoms with Crippen LogP contribution in [-0.2, 0) is 0 Å². The highest BCUT2D eigenvalue weighted by Crippen LogP contribution is 2.21. The minimum atomic E-state index is 0.122. The lowest BCUT2D eigenvalue weighted by atomic mass is 10.1. The van der Waals surface area contributed by atoms with Crippen molar-refractivity contribution in [3.8, 4) is 5.75 Å². The van der Waals surface area contributed by atoms with Gasteiger partial charge in [0, 0.05) is 10.0 Å². The van der Waals surface area contributed by atoms with Crippen LogP contribution in [0.4, 0.5) is 0 Å². The van der Waals surface area contributed by atoms with Crippen molar-refractivity contribution in [1.82, 2.24) is 5.32 Å². The third-order valence-corrected chi connectivity index (χ3v) is 3.42. The Bertz CT molecular complexity index is 542. The van der Waals surface area contributed by atoms with Gasteiger partial charge < -0.3 is 10.1 Å². The van der Waals surface area contributed by atoms with Crippen molar-refractivity contribution in [3.05, 3.63) is 64.1 Å². The first-order valence-electron chi connectivity index (χ1n) is 6.56. The summed E-state index contributed by atoms with van der Waals surface area (Å²) in [4.78, 5) is 0. The molecule has 0 fully saturated rings. The van der Waals surface area contributed by atoms with Gasteiger partial charge in [-0.25, -0.2) is 0 Å². The Morgan fingerprint density at radius 1 is 1.05 bits per heavy atom. The number of halogens is 2. The lowest BCUT2D eigenvalue weighted by molar-refractivity contribution is 0.268. The van der Waals surface area contributed by atoms with Crippen LogP contribution in [0.5, 0.6) is 5.75 Å². The van der Waals surface area contributed by atoms with E-state index in [9.17, 15) is 0 Å². The summed E-state index contributed by atoms with van der Waals surface area (Å²) in [6, 6.07) is 15.3. The first-order valence-corrected chi connectivity index (χ1v) is 7.32. The van der Waals surface area contributed by atoms with Gasteiger partial charge >= 0.3 is 0 Å². The SMILES string of the molecule is CCNC(COc1cccc(Cl)c1)c1ccc(Cl)cc1. The zero-order valence-corrected chi connectivity index (χ0v) is 12.8. The molecule has 2 nitrogen and oxygen atoms in total. The number of rotatable bonds is 6. The molecule has 0 saturated carbocycles. The fraction of sp³-hybridized carbons (Fsp3) is 0.250. The normalized spacial score (nSPS) is 12.2. The number of hydrogen-bond donors (Lipinski definition) is 1. The molecule has 0 aliphatic carbocycles. The molecule has 2 aromatic rings. The molecule has 1 N–H and O–H groups in total. The molecule has 0 saturated heterocycles. The molecular weight excluding hydrogens is 293 g/mol. The molecule has 0 spiro atoms. The predicted molar refractivity (Wildman–Crippen MR) is 84.8 cm³/mol. The Hall–Kier alpha value is -1.22. The van der Waals surface area contributed by atoms with E-state index in [0.717, 1.165) is 22.9 Å². The second-order valence-electron chi connectivity index (χ2n) is 4.43. The van der Waals surface area contributed by atoms with E-state index >= 15 is 0 Å². The van der Waals surface area contributed by atoms with Gasteiger partial charge in [-0.1, -0.05) is 48.3 Å². The maximum absolute atomic E-state index is 5.95. The van der Waals surface area contributed by atoms with E-state index in [1.807, 2.05) is 48.5 Å². The molecule has 0 heterocycles. The van der Waals surface area contributed by atoms with Crippen LogP contribution in [0.25, 0.3) is 0 Å². The minimum Gasteiger partial charge on any atom is -0.492 e. The largest absolute Gasteiger partial charge is 0.492 e. The van der Waals surface area contributed by atoms with Gasteiger partial charge in [-0.3, -0.25) is 0 Å². The Morgan fingerprint density at radius 2 is 1.80 bits per heavy atom. The monoisotopic (exact) mass is 309 g/mol. The Balaban J connectivity index is 2.04. The van der Waals surface area contributed by atoms with Crippen LogP contribution >= 0.6 is 23.2 Å². The van der Waals surface area contributed by atoms with E-state index in [0.29, 0.717) is 11.6 Å². The van der Waals surface area contributed by atoms with Gasteiger partial charge in [0.15, 0.2) is 0 Å². The van der Waals surface area contributed by atoms with Crippen molar-refractivity contribution >= 4 is 23.2 Å². The zero-order valence-electron chi connectivity index (χ0n) is 11.3. The van der Waals surface area contributed by atoms with Crippen molar-refractivity contribution in [2.24, 2.45) is 0 Å². The first kappa shape index (κ1) is 15.2. The van der Waals surface area contributed by atoms with Crippen LogP contribution in [0.3, 0.4) is 0 Å². The van der Waals surface area contributed by atoms with Gasteiger partial charge in [0.2, 0.25) is 0 Å². The van der Waals surface area contributed by atoms with E-state index in [1.54, 1.807) is 0 Å². The topological polar surface area (TPSA) is 21.3 Å². The predicted octanol–water partition coefficient (Wildman–Crippen LogP) is 4.72. The molecule has 1 unspecified atom stereocenters. The standard InChI is InChI=1S/C16H17Cl2NO/c1-2-19-16(12-6-8-13(17)9-7-12)11-20-15-5-3-4-14(18)10-15/h3-10,16,19H,2,11H2,1H3. The molecule has 0 aromatic heterocycles. The molecule has 4 heteroatoms. The molecule has 0 radical (unpaired) electrons. The second kappa shape index (κ2) is 7.53. The van der Waals surface area contributed by atoms with Crippen molar-refractivity contribution in [3.63, 3.8) is 0 Å². The molecule has 0 amide bonds. The second-order valence-corrected chi connectivity index (χ2v) is 5.30. The van der Waals surface area contributed by atoms with Crippen molar-refractivity contribution < 1.29 is 4.74 Å². The summed E-state index contributed by atoms with van der Waals surface area (Å²) in [5.41, 5.74) is 1.15. The summed E-state index contributed by atoms with van der Waals surface area (Å²) in [5.74, 6) is 0.773. The highest BCUT2D eigenvalue weighted by atomic mass is 35.5. The van der Waals surface area contributed by atoms with Crippen molar-refractivity contribution in [2.75, 3.05) is 13.2 Å². The fourth-order valence-corrected chi connectivity index (χ4v) is 2.26. The van der Waals surface area contributed by atoms with Gasteiger partial charge in [-0.2, -0.15) is 0 Å². The zero-order chi connectivity index (χ0) is 14.4. The smallest absolute Gasteiger partial charge is 0.120 e. The summed E-state index contributed by atoms with van der Waals surface area (Å²) in [7, 11) is 0. The highest BCUT2D eigenvalue weighted by molar-refractivity contribution is 6.30. The molecule has 2 aromatic carbocycles. The molecule has 0 bridgehead atoms. The fourth-order valence-electron chi connectivity index (χ4n) is 1.95. The van der Waals surface area contributed by atoms with Gasteiger partial charge in [-0.05, 0) is 42.4 Å². The van der Waals surface area contributed by atoms with Gasteiger partial charge in [-0.15, -0.1) is 0 Å². The third-order valence-electron chi connectivity index (χ3n) is 2.94. The maximum Gasteiger partial charge on any atom is 0.120 e. The summed E-state index contributed by atoms with van der Waals surface area (Å²) in [6.45, 7) is 3.48. The number of benzene rings is 2. The molecule has 20 heavy (non-hydrogen) atoms. The van der Waals surface area contributed by atoms with E-state index < -0.39 is 0 Å². The average molecular weight is 310 g/mol. The lowest BCUT2D eigenvalue weighted by Crippen LogP contribution is -2.26. The summed E-state index contributed by atoms with van der Waals surface area (Å²) < 4.78 is 5.81. The van der Waals surface area contributed by atoms with E-state index in [1.165, 1.54) is 0 Å². The van der Waals surface area contributed by atoms with Crippen LogP contribution < -0.4 is 10.1 Å².